The highest BCUT2D eigenvalue weighted by molar-refractivity contribution is 6.03. The Kier molecular flexibility index (Phi) is 17.0. The molecule has 3 N–H and O–H groups in total. The fraction of sp³-hybridized carbons (Fsp3) is 0.604. The molecule has 0 saturated heterocycles. The highest BCUT2D eigenvalue weighted by Crippen LogP contribution is 2.62. The third-order valence-corrected chi connectivity index (χ3v) is 13.1. The molecule has 1 heterocycles. The lowest BCUT2D eigenvalue weighted by molar-refractivity contribution is -0.384. The van der Waals surface area contributed by atoms with Crippen LogP contribution >= 0.6 is 0 Å². The number of amides is 2. The number of oxime groups is 1. The molecule has 0 spiro atoms. The van der Waals surface area contributed by atoms with E-state index < -0.39 is 28.8 Å². The van der Waals surface area contributed by atoms with Gasteiger partial charge in [0.2, 0.25) is 11.7 Å². The minimum absolute atomic E-state index is 0.00166. The second kappa shape index (κ2) is 22.5. The van der Waals surface area contributed by atoms with Gasteiger partial charge in [-0.25, -0.2) is 4.79 Å². The van der Waals surface area contributed by atoms with Crippen molar-refractivity contribution in [3.05, 3.63) is 88.0 Å². The van der Waals surface area contributed by atoms with Crippen molar-refractivity contribution in [1.29, 1.82) is 0 Å². The first-order valence-electron chi connectivity index (χ1n) is 22.9. The number of benzene rings is 2. The van der Waals surface area contributed by atoms with Crippen LogP contribution in [0.5, 0.6) is 11.5 Å². The van der Waals surface area contributed by atoms with E-state index in [0.29, 0.717) is 67.5 Å². The van der Waals surface area contributed by atoms with Crippen molar-refractivity contribution in [3.8, 4) is 11.5 Å². The van der Waals surface area contributed by atoms with Crippen LogP contribution in [-0.4, -0.2) is 82.5 Å². The number of ether oxygens (including phenoxy) is 3. The highest BCUT2D eigenvalue weighted by atomic mass is 16.7. The minimum Gasteiger partial charge on any atom is -0.459 e. The van der Waals surface area contributed by atoms with Gasteiger partial charge in [-0.05, 0) is 105 Å². The Morgan fingerprint density at radius 2 is 1.79 bits per heavy atom. The van der Waals surface area contributed by atoms with Gasteiger partial charge in [-0.3, -0.25) is 14.9 Å². The number of aliphatic hydroxyl groups excluding tert-OH is 2. The van der Waals surface area contributed by atoms with Gasteiger partial charge in [-0.1, -0.05) is 62.8 Å². The Balaban J connectivity index is 1.53. The summed E-state index contributed by atoms with van der Waals surface area (Å²) >= 11 is 0. The lowest BCUT2D eigenvalue weighted by Crippen LogP contribution is -2.70. The second-order valence-electron chi connectivity index (χ2n) is 17.2. The van der Waals surface area contributed by atoms with Crippen LogP contribution in [0, 0.1) is 33.8 Å². The number of rotatable bonds is 23. The topological polar surface area (TPSA) is 182 Å². The maximum Gasteiger partial charge on any atom is 0.412 e. The van der Waals surface area contributed by atoms with Gasteiger partial charge in [0.05, 0.1) is 23.2 Å². The number of unbranched alkanes of at least 4 members (excludes halogenated alkanes) is 2. The van der Waals surface area contributed by atoms with Crippen LogP contribution in [0.3, 0.4) is 0 Å². The van der Waals surface area contributed by atoms with Crippen molar-refractivity contribution in [3.63, 3.8) is 0 Å². The van der Waals surface area contributed by atoms with Gasteiger partial charge in [-0.15, -0.1) is 6.58 Å². The van der Waals surface area contributed by atoms with Crippen LogP contribution in [0.4, 0.5) is 10.5 Å². The lowest BCUT2D eigenvalue weighted by Gasteiger charge is -2.60. The molecule has 0 aromatic heterocycles. The zero-order valence-electron chi connectivity index (χ0n) is 36.5. The first kappa shape index (κ1) is 46.7. The molecule has 2 fully saturated rings. The van der Waals surface area contributed by atoms with E-state index >= 15 is 0 Å². The van der Waals surface area contributed by atoms with E-state index in [2.05, 4.69) is 24.9 Å². The largest absolute Gasteiger partial charge is 0.459 e. The van der Waals surface area contributed by atoms with Crippen LogP contribution in [0.1, 0.15) is 121 Å². The van der Waals surface area contributed by atoms with E-state index in [-0.39, 0.29) is 62.2 Å². The molecule has 14 nitrogen and oxygen atoms in total. The molecule has 62 heavy (non-hydrogen) atoms. The number of allylic oxidation sites excluding steroid dienone is 1. The van der Waals surface area contributed by atoms with Gasteiger partial charge >= 0.3 is 6.09 Å². The van der Waals surface area contributed by atoms with E-state index in [4.69, 9.17) is 24.2 Å². The maximum atomic E-state index is 14.8. The fourth-order valence-electron chi connectivity index (χ4n) is 10.4. The Hall–Kier alpha value is -4.79. The Morgan fingerprint density at radius 1 is 1.05 bits per heavy atom. The fourth-order valence-corrected chi connectivity index (χ4v) is 10.4. The maximum absolute atomic E-state index is 14.8. The number of carbonyl (C=O) groups is 2. The molecule has 2 aromatic rings. The van der Waals surface area contributed by atoms with Gasteiger partial charge in [0.25, 0.3) is 5.69 Å². The molecule has 6 rings (SSSR count). The van der Waals surface area contributed by atoms with Crippen molar-refractivity contribution >= 4 is 23.4 Å². The Morgan fingerprint density at radius 3 is 2.47 bits per heavy atom. The summed E-state index contributed by atoms with van der Waals surface area (Å²) in [6, 6.07) is 11.0. The number of hydrogen-bond donors (Lipinski definition) is 3. The van der Waals surface area contributed by atoms with Gasteiger partial charge in [-0.2, -0.15) is 0 Å². The summed E-state index contributed by atoms with van der Waals surface area (Å²) in [6.45, 7) is 9.14. The van der Waals surface area contributed by atoms with Crippen LogP contribution in [0.2, 0.25) is 0 Å². The molecule has 2 saturated carbocycles. The average molecular weight is 859 g/mol. The second-order valence-corrected chi connectivity index (χ2v) is 17.2. The van der Waals surface area contributed by atoms with Crippen molar-refractivity contribution in [1.82, 2.24) is 10.2 Å². The van der Waals surface area contributed by atoms with Crippen LogP contribution in [-0.2, 0) is 21.0 Å². The normalized spacial score (nSPS) is 24.6. The molecule has 338 valence electrons. The Labute approximate surface area is 365 Å². The summed E-state index contributed by atoms with van der Waals surface area (Å²) in [5.41, 5.74) is 3.10. The van der Waals surface area contributed by atoms with Gasteiger partial charge in [0, 0.05) is 62.8 Å². The number of nitro benzene ring substituents is 1. The molecule has 3 aliphatic carbocycles. The van der Waals surface area contributed by atoms with Crippen LogP contribution in [0.15, 0.2) is 71.9 Å². The molecular weight excluding hydrogens is 793 g/mol. The van der Waals surface area contributed by atoms with Gasteiger partial charge < -0.3 is 39.5 Å². The van der Waals surface area contributed by atoms with Crippen LogP contribution in [0.25, 0.3) is 0 Å². The number of aliphatic hydroxyl groups is 2. The minimum atomic E-state index is -1.39. The third-order valence-electron chi connectivity index (χ3n) is 13.1. The first-order chi connectivity index (χ1) is 30.2. The van der Waals surface area contributed by atoms with Gasteiger partial charge in [0.15, 0.2) is 0 Å². The van der Waals surface area contributed by atoms with Crippen molar-refractivity contribution in [2.24, 2.45) is 28.8 Å². The van der Waals surface area contributed by atoms with Gasteiger partial charge in [0.1, 0.15) is 24.1 Å². The molecule has 0 radical (unpaired) electrons. The molecule has 0 bridgehead atoms. The highest BCUT2D eigenvalue weighted by Gasteiger charge is 2.65. The Bertz CT molecular complexity index is 1900. The van der Waals surface area contributed by atoms with Crippen molar-refractivity contribution in [2.75, 3.05) is 32.9 Å². The molecule has 2 aromatic carbocycles. The number of carbonyl (C=O) groups excluding carboxylic acids is 2. The summed E-state index contributed by atoms with van der Waals surface area (Å²) in [5.74, 6) is -0.649. The predicted octanol–water partition coefficient (Wildman–Crippen LogP) is 8.75. The lowest BCUT2D eigenvalue weighted by atomic mass is 9.55. The molecule has 6 atom stereocenters. The number of nitro groups is 1. The number of nitrogens with one attached hydrogen (secondary N) is 1. The summed E-state index contributed by atoms with van der Waals surface area (Å²) in [7, 11) is 0. The molecule has 0 unspecified atom stereocenters. The van der Waals surface area contributed by atoms with Crippen LogP contribution < -0.4 is 14.8 Å². The number of fused-ring (bicyclic) bond motifs is 2. The molecule has 14 heteroatoms. The molecular formula is C48H66N4O10. The van der Waals surface area contributed by atoms with E-state index in [1.54, 1.807) is 24.3 Å². The zero-order chi connectivity index (χ0) is 44.1. The summed E-state index contributed by atoms with van der Waals surface area (Å²) < 4.78 is 20.2. The summed E-state index contributed by atoms with van der Waals surface area (Å²) in [4.78, 5) is 46.5. The predicted molar refractivity (Wildman–Crippen MR) is 236 cm³/mol. The first-order valence-corrected chi connectivity index (χ1v) is 22.9. The van der Waals surface area contributed by atoms with E-state index in [9.17, 15) is 29.9 Å². The number of hydrogen-bond acceptors (Lipinski definition) is 11. The summed E-state index contributed by atoms with van der Waals surface area (Å²) in [6.07, 6.45) is 14.7. The number of non-ortho nitro benzene ring substituents is 1. The summed E-state index contributed by atoms with van der Waals surface area (Å²) in [5, 5.41) is 38.8. The quantitative estimate of drug-likeness (QED) is 0.0423. The standard InChI is InChI=1S/C48H66N4O10/c1-4-25-51(44(55)24-19-33-13-7-8-14-33)43-31-41(50-60-32-34-17-20-36(21-18-34)52(57)58)39-29-35(15-9-11-26-53)38(16-10-12-27-54)45-40-30-37(61-47(56)49-6-3)22-23-42(40)62-48(43,46(39)45)59-28-5-2/h5,17-18,20-23,29-30,33,35,38,43,45-46,53-54H,2,4,6-16,19,24-28,31-32H2,1,3H3,(H,49,56)/t35-,38+,43-,45+,46+,48+/m0/s1. The SMILES string of the molecule is C=CCO[C@@]12Oc3ccc(OC(=O)NCC)cc3[C@H]3[C@H](CCCCO)[C@@H](CCCCO)C=C(C(=NOCc4ccc([N+](=O)[O-])cc4)C[C@@H]1N(CCC)C(=O)CCC1CCCC1)[C@H]32. The van der Waals surface area contributed by atoms with E-state index in [1.807, 2.05) is 24.0 Å². The van der Waals surface area contributed by atoms with E-state index in [1.165, 1.54) is 25.0 Å². The monoisotopic (exact) mass is 858 g/mol. The van der Waals surface area contributed by atoms with Crippen molar-refractivity contribution < 1.29 is 43.8 Å². The molecule has 1 aliphatic heterocycles. The number of nitrogens with zero attached hydrogens (tertiary/aromatic N) is 3. The zero-order valence-corrected chi connectivity index (χ0v) is 36.5. The van der Waals surface area contributed by atoms with Crippen molar-refractivity contribution in [2.45, 2.75) is 128 Å². The third kappa shape index (κ3) is 10.9. The smallest absolute Gasteiger partial charge is 0.412 e. The molecule has 2 amide bonds. The average Bonchev–Trinajstić information content (AvgIpc) is 3.80. The molecule has 4 aliphatic rings. The van der Waals surface area contributed by atoms with E-state index in [0.717, 1.165) is 56.1 Å².